The van der Waals surface area contributed by atoms with Gasteiger partial charge in [0, 0.05) is 19.0 Å². The first-order valence-corrected chi connectivity index (χ1v) is 5.96. The number of amides is 1. The smallest absolute Gasteiger partial charge is 0.349 e. The molecule has 5 nitrogen and oxygen atoms in total. The second kappa shape index (κ2) is 5.67. The molecule has 0 fully saturated rings. The fraction of sp³-hybridized carbons (Fsp3) is 0.455. The molecule has 0 spiro atoms. The Morgan fingerprint density at radius 2 is 2.12 bits per heavy atom. The van der Waals surface area contributed by atoms with Crippen LogP contribution >= 0.6 is 11.3 Å². The zero-order valence-electron chi connectivity index (χ0n) is 10.0. The van der Waals surface area contributed by atoms with Crippen molar-refractivity contribution in [3.05, 3.63) is 15.8 Å². The van der Waals surface area contributed by atoms with Gasteiger partial charge in [0.05, 0.1) is 0 Å². The molecule has 1 heterocycles. The normalized spacial score (nSPS) is 10.1. The number of rotatable bonds is 5. The van der Waals surface area contributed by atoms with E-state index < -0.39 is 5.97 Å². The Morgan fingerprint density at radius 3 is 2.59 bits per heavy atom. The molecule has 0 saturated carbocycles. The molecule has 0 aromatic carbocycles. The number of aromatic carboxylic acids is 1. The fourth-order valence-corrected chi connectivity index (χ4v) is 2.00. The summed E-state index contributed by atoms with van der Waals surface area (Å²) in [5.41, 5.74) is 0. The Morgan fingerprint density at radius 1 is 1.47 bits per heavy atom. The number of likely N-dealkylation sites (N-methyl/N-ethyl adjacent to an activating group) is 1. The maximum Gasteiger partial charge on any atom is 0.349 e. The number of aryl methyl sites for hydroxylation is 1. The van der Waals surface area contributed by atoms with Crippen LogP contribution in [-0.2, 0) is 11.2 Å². The summed E-state index contributed by atoms with van der Waals surface area (Å²) in [7, 11) is 3.24. The van der Waals surface area contributed by atoms with E-state index in [9.17, 15) is 9.59 Å². The third-order valence-corrected chi connectivity index (χ3v) is 3.39. The van der Waals surface area contributed by atoms with E-state index in [1.165, 1.54) is 16.2 Å². The van der Waals surface area contributed by atoms with Crippen LogP contribution in [0.4, 0.5) is 0 Å². The van der Waals surface area contributed by atoms with Gasteiger partial charge in [0.2, 0.25) is 0 Å². The van der Waals surface area contributed by atoms with Crippen LogP contribution in [0.5, 0.6) is 5.75 Å². The number of carboxylic acids is 1. The predicted octanol–water partition coefficient (Wildman–Crippen LogP) is 1.48. The lowest BCUT2D eigenvalue weighted by Gasteiger charge is -2.10. The van der Waals surface area contributed by atoms with Crippen molar-refractivity contribution in [2.45, 2.75) is 13.3 Å². The van der Waals surface area contributed by atoms with Crippen molar-refractivity contribution in [2.24, 2.45) is 0 Å². The zero-order chi connectivity index (χ0) is 13.0. The van der Waals surface area contributed by atoms with Crippen LogP contribution in [0.2, 0.25) is 0 Å². The standard InChI is InChI=1S/C11H15NO4S/c1-4-7-5-8(10(17-7)11(14)15)16-6-9(13)12(2)3/h5H,4,6H2,1-3H3,(H,14,15). The average Bonchev–Trinajstić information content (AvgIpc) is 2.69. The molecule has 0 radical (unpaired) electrons. The van der Waals surface area contributed by atoms with Crippen LogP contribution in [0.3, 0.4) is 0 Å². The van der Waals surface area contributed by atoms with E-state index in [0.717, 1.165) is 11.3 Å². The van der Waals surface area contributed by atoms with Crippen molar-refractivity contribution in [1.29, 1.82) is 0 Å². The van der Waals surface area contributed by atoms with Crippen molar-refractivity contribution in [1.82, 2.24) is 4.90 Å². The summed E-state index contributed by atoms with van der Waals surface area (Å²) in [5, 5.41) is 8.98. The molecule has 94 valence electrons. The maximum atomic E-state index is 11.3. The SMILES string of the molecule is CCc1cc(OCC(=O)N(C)C)c(C(=O)O)s1. The van der Waals surface area contributed by atoms with Crippen LogP contribution in [0.25, 0.3) is 0 Å². The highest BCUT2D eigenvalue weighted by atomic mass is 32.1. The minimum Gasteiger partial charge on any atom is -0.482 e. The maximum absolute atomic E-state index is 11.3. The largest absolute Gasteiger partial charge is 0.482 e. The third kappa shape index (κ3) is 3.45. The van der Waals surface area contributed by atoms with Gasteiger partial charge >= 0.3 is 5.97 Å². The van der Waals surface area contributed by atoms with Gasteiger partial charge in [-0.05, 0) is 12.5 Å². The number of ether oxygens (including phenoxy) is 1. The van der Waals surface area contributed by atoms with Gasteiger partial charge in [0.15, 0.2) is 11.5 Å². The topological polar surface area (TPSA) is 66.8 Å². The predicted molar refractivity (Wildman–Crippen MR) is 64.8 cm³/mol. The summed E-state index contributed by atoms with van der Waals surface area (Å²) >= 11 is 1.18. The molecule has 0 aliphatic carbocycles. The second-order valence-corrected chi connectivity index (χ2v) is 4.78. The first-order chi connectivity index (χ1) is 7.95. The Kier molecular flexibility index (Phi) is 4.51. The van der Waals surface area contributed by atoms with E-state index in [0.29, 0.717) is 0 Å². The quantitative estimate of drug-likeness (QED) is 0.867. The Bertz CT molecular complexity index is 425. The molecule has 1 amide bonds. The van der Waals surface area contributed by atoms with Crippen molar-refractivity contribution in [2.75, 3.05) is 20.7 Å². The molecule has 0 bridgehead atoms. The van der Waals surface area contributed by atoms with Gasteiger partial charge in [-0.25, -0.2) is 4.79 Å². The molecule has 6 heteroatoms. The van der Waals surface area contributed by atoms with Gasteiger partial charge in [0.25, 0.3) is 5.91 Å². The molecule has 0 saturated heterocycles. The summed E-state index contributed by atoms with van der Waals surface area (Å²) in [6, 6.07) is 1.68. The molecule has 0 aliphatic rings. The third-order valence-electron chi connectivity index (χ3n) is 2.14. The van der Waals surface area contributed by atoms with Gasteiger partial charge in [0.1, 0.15) is 5.75 Å². The van der Waals surface area contributed by atoms with Crippen LogP contribution in [-0.4, -0.2) is 42.6 Å². The highest BCUT2D eigenvalue weighted by molar-refractivity contribution is 7.14. The molecule has 0 unspecified atom stereocenters. The van der Waals surface area contributed by atoms with E-state index in [-0.39, 0.29) is 23.1 Å². The molecule has 1 aromatic heterocycles. The van der Waals surface area contributed by atoms with E-state index in [2.05, 4.69) is 0 Å². The Labute approximate surface area is 104 Å². The number of nitrogens with zero attached hydrogens (tertiary/aromatic N) is 1. The molecular formula is C11H15NO4S. The number of carboxylic acid groups (broad SMARTS) is 1. The lowest BCUT2D eigenvalue weighted by molar-refractivity contribution is -0.130. The van der Waals surface area contributed by atoms with E-state index in [4.69, 9.17) is 9.84 Å². The lowest BCUT2D eigenvalue weighted by atomic mass is 10.3. The van der Waals surface area contributed by atoms with Crippen molar-refractivity contribution in [3.63, 3.8) is 0 Å². The van der Waals surface area contributed by atoms with Gasteiger partial charge in [-0.3, -0.25) is 4.79 Å². The Balaban J connectivity index is 2.79. The van der Waals surface area contributed by atoms with Crippen molar-refractivity contribution >= 4 is 23.2 Å². The summed E-state index contributed by atoms with van der Waals surface area (Å²) in [6.45, 7) is 1.79. The number of hydrogen-bond acceptors (Lipinski definition) is 4. The van der Waals surface area contributed by atoms with Gasteiger partial charge < -0.3 is 14.7 Å². The van der Waals surface area contributed by atoms with Crippen LogP contribution in [0.15, 0.2) is 6.07 Å². The molecule has 0 atom stereocenters. The minimum absolute atomic E-state index is 0.146. The fourth-order valence-electron chi connectivity index (χ4n) is 1.12. The van der Waals surface area contributed by atoms with Crippen LogP contribution in [0, 0.1) is 0 Å². The van der Waals surface area contributed by atoms with Crippen LogP contribution in [0.1, 0.15) is 21.5 Å². The highest BCUT2D eigenvalue weighted by Gasteiger charge is 2.17. The number of thiophene rings is 1. The summed E-state index contributed by atoms with van der Waals surface area (Å²) in [4.78, 5) is 24.8. The number of carbonyl (C=O) groups is 2. The highest BCUT2D eigenvalue weighted by Crippen LogP contribution is 2.29. The van der Waals surface area contributed by atoms with E-state index in [1.807, 2.05) is 6.92 Å². The molecule has 1 aromatic rings. The number of carbonyl (C=O) groups excluding carboxylic acids is 1. The van der Waals surface area contributed by atoms with Gasteiger partial charge in [-0.15, -0.1) is 11.3 Å². The Hall–Kier alpha value is -1.56. The molecule has 1 rings (SSSR count). The number of hydrogen-bond donors (Lipinski definition) is 1. The monoisotopic (exact) mass is 257 g/mol. The van der Waals surface area contributed by atoms with Crippen molar-refractivity contribution < 1.29 is 19.4 Å². The summed E-state index contributed by atoms with van der Waals surface area (Å²) in [5.74, 6) is -0.956. The molecule has 17 heavy (non-hydrogen) atoms. The van der Waals surface area contributed by atoms with Crippen LogP contribution < -0.4 is 4.74 Å². The zero-order valence-corrected chi connectivity index (χ0v) is 10.8. The lowest BCUT2D eigenvalue weighted by Crippen LogP contribution is -2.27. The summed E-state index contributed by atoms with van der Waals surface area (Å²) in [6.07, 6.45) is 0.746. The van der Waals surface area contributed by atoms with E-state index in [1.54, 1.807) is 20.2 Å². The van der Waals surface area contributed by atoms with E-state index >= 15 is 0 Å². The van der Waals surface area contributed by atoms with Gasteiger partial charge in [-0.1, -0.05) is 6.92 Å². The first-order valence-electron chi connectivity index (χ1n) is 5.14. The summed E-state index contributed by atoms with van der Waals surface area (Å²) < 4.78 is 5.24. The van der Waals surface area contributed by atoms with Gasteiger partial charge in [-0.2, -0.15) is 0 Å². The second-order valence-electron chi connectivity index (χ2n) is 3.64. The molecule has 0 aliphatic heterocycles. The molecular weight excluding hydrogens is 242 g/mol. The average molecular weight is 257 g/mol. The first kappa shape index (κ1) is 13.5. The molecule has 1 N–H and O–H groups in total. The van der Waals surface area contributed by atoms with Crippen molar-refractivity contribution in [3.8, 4) is 5.75 Å². The minimum atomic E-state index is -1.03.